The Kier molecular flexibility index (Phi) is 5.14. The van der Waals surface area contributed by atoms with E-state index in [1.54, 1.807) is 0 Å². The Bertz CT molecular complexity index is 1130. The molecule has 4 aromatic rings. The first kappa shape index (κ1) is 18.4. The van der Waals surface area contributed by atoms with E-state index < -0.39 is 0 Å². The lowest BCUT2D eigenvalue weighted by Gasteiger charge is -2.11. The smallest absolute Gasteiger partial charge is 0.0666 e. The number of unbranched alkanes of at least 4 members (excludes halogenated alkanes) is 1. The average molecular weight is 397 g/mol. The molecule has 1 aromatic heterocycles. The third kappa shape index (κ3) is 3.23. The topological polar surface area (TPSA) is 41.8 Å². The van der Waals surface area contributed by atoms with Gasteiger partial charge in [-0.3, -0.25) is 0 Å². The number of aromatic nitrogens is 1. The quantitative estimate of drug-likeness (QED) is 0.354. The van der Waals surface area contributed by atoms with Crippen molar-refractivity contribution in [3.8, 4) is 11.3 Å². The van der Waals surface area contributed by atoms with E-state index >= 15 is 0 Å². The van der Waals surface area contributed by atoms with Crippen molar-refractivity contribution in [1.29, 1.82) is 0 Å². The second-order valence-corrected chi connectivity index (χ2v) is 7.79. The maximum atomic E-state index is 6.59. The number of hydrogen-bond donors (Lipinski definition) is 2. The van der Waals surface area contributed by atoms with Crippen LogP contribution in [0, 0.1) is 6.92 Å². The summed E-state index contributed by atoms with van der Waals surface area (Å²) in [6, 6.07) is 16.6. The van der Waals surface area contributed by atoms with E-state index in [-0.39, 0.29) is 0 Å². The number of hydrogen-bond acceptors (Lipinski definition) is 1. The Balaban J connectivity index is 2.02. The van der Waals surface area contributed by atoms with Gasteiger partial charge < -0.3 is 10.7 Å². The summed E-state index contributed by atoms with van der Waals surface area (Å²) in [6.45, 7) is 2.84. The average Bonchev–Trinajstić information content (AvgIpc) is 3.06. The molecule has 138 valence electrons. The van der Waals surface area contributed by atoms with Gasteiger partial charge in [0.2, 0.25) is 0 Å². The summed E-state index contributed by atoms with van der Waals surface area (Å²) in [6.07, 6.45) is 2.91. The SMILES string of the molecule is Cc1ccc(-c2[nH]c3c(Cl)ccc(Cl)c3c2CCCCN)c2ccccc12. The van der Waals surface area contributed by atoms with E-state index in [1.165, 1.54) is 27.5 Å². The molecule has 0 bridgehead atoms. The molecule has 0 radical (unpaired) electrons. The minimum absolute atomic E-state index is 0.692. The van der Waals surface area contributed by atoms with Gasteiger partial charge in [0.1, 0.15) is 0 Å². The lowest BCUT2D eigenvalue weighted by atomic mass is 9.94. The summed E-state index contributed by atoms with van der Waals surface area (Å²) in [5.41, 5.74) is 11.4. The van der Waals surface area contributed by atoms with Crippen molar-refractivity contribution in [2.45, 2.75) is 26.2 Å². The zero-order valence-electron chi connectivity index (χ0n) is 15.3. The zero-order chi connectivity index (χ0) is 19.0. The normalized spacial score (nSPS) is 11.6. The number of halogens is 2. The molecule has 0 unspecified atom stereocenters. The highest BCUT2D eigenvalue weighted by molar-refractivity contribution is 6.40. The monoisotopic (exact) mass is 396 g/mol. The number of H-pyrrole nitrogens is 1. The molecule has 3 N–H and O–H groups in total. The molecule has 0 aliphatic heterocycles. The first-order chi connectivity index (χ1) is 13.1. The van der Waals surface area contributed by atoms with Gasteiger partial charge in [-0.15, -0.1) is 0 Å². The number of aromatic amines is 1. The fourth-order valence-electron chi connectivity index (χ4n) is 3.89. The maximum absolute atomic E-state index is 6.59. The van der Waals surface area contributed by atoms with Gasteiger partial charge in [-0.1, -0.05) is 59.6 Å². The van der Waals surface area contributed by atoms with Gasteiger partial charge in [0, 0.05) is 10.9 Å². The molecule has 0 amide bonds. The molecule has 0 spiro atoms. The van der Waals surface area contributed by atoms with Crippen LogP contribution in [0.1, 0.15) is 24.0 Å². The van der Waals surface area contributed by atoms with E-state index in [0.29, 0.717) is 11.6 Å². The molecule has 3 aromatic carbocycles. The van der Waals surface area contributed by atoms with Crippen molar-refractivity contribution in [1.82, 2.24) is 4.98 Å². The number of nitrogens with two attached hydrogens (primary N) is 1. The second-order valence-electron chi connectivity index (χ2n) is 6.98. The summed E-state index contributed by atoms with van der Waals surface area (Å²) in [4.78, 5) is 3.58. The highest BCUT2D eigenvalue weighted by Gasteiger charge is 2.19. The summed E-state index contributed by atoms with van der Waals surface area (Å²) in [7, 11) is 0. The summed E-state index contributed by atoms with van der Waals surface area (Å²) in [5.74, 6) is 0. The highest BCUT2D eigenvalue weighted by atomic mass is 35.5. The molecule has 1 heterocycles. The van der Waals surface area contributed by atoms with Gasteiger partial charge in [0.25, 0.3) is 0 Å². The van der Waals surface area contributed by atoms with Crippen molar-refractivity contribution >= 4 is 44.9 Å². The van der Waals surface area contributed by atoms with Crippen molar-refractivity contribution < 1.29 is 0 Å². The first-order valence-electron chi connectivity index (χ1n) is 9.29. The summed E-state index contributed by atoms with van der Waals surface area (Å²) >= 11 is 13.1. The molecule has 27 heavy (non-hydrogen) atoms. The second kappa shape index (κ2) is 7.55. The molecule has 4 rings (SSSR count). The minimum Gasteiger partial charge on any atom is -0.353 e. The molecule has 0 fully saturated rings. The Hall–Kier alpha value is -2.00. The summed E-state index contributed by atoms with van der Waals surface area (Å²) in [5, 5.41) is 4.95. The van der Waals surface area contributed by atoms with Gasteiger partial charge in [0.15, 0.2) is 0 Å². The first-order valence-corrected chi connectivity index (χ1v) is 10.0. The summed E-state index contributed by atoms with van der Waals surface area (Å²) < 4.78 is 0. The van der Waals surface area contributed by atoms with Gasteiger partial charge >= 0.3 is 0 Å². The Labute approximate surface area is 169 Å². The van der Waals surface area contributed by atoms with Crippen LogP contribution in [0.2, 0.25) is 10.0 Å². The van der Waals surface area contributed by atoms with Crippen LogP contribution in [0.5, 0.6) is 0 Å². The molecule has 2 nitrogen and oxygen atoms in total. The Morgan fingerprint density at radius 3 is 2.41 bits per heavy atom. The van der Waals surface area contributed by atoms with Crippen LogP contribution in [0.4, 0.5) is 0 Å². The van der Waals surface area contributed by atoms with Crippen LogP contribution in [0.25, 0.3) is 32.9 Å². The van der Waals surface area contributed by atoms with Gasteiger partial charge in [-0.2, -0.15) is 0 Å². The Morgan fingerprint density at radius 2 is 1.63 bits per heavy atom. The largest absolute Gasteiger partial charge is 0.353 e. The molecular formula is C23H22Cl2N2. The number of rotatable bonds is 5. The minimum atomic E-state index is 0.692. The maximum Gasteiger partial charge on any atom is 0.0666 e. The standard InChI is InChI=1S/C23H22Cl2N2/c1-14-9-10-17(16-7-3-2-6-15(14)16)22-18(8-4-5-13-26)21-19(24)11-12-20(25)23(21)27-22/h2-3,6-7,9-12,27H,4-5,8,13,26H2,1H3. The molecule has 0 atom stereocenters. The number of fused-ring (bicyclic) bond motifs is 2. The number of aryl methyl sites for hydroxylation is 2. The molecule has 0 aliphatic rings. The van der Waals surface area contributed by atoms with Crippen molar-refractivity contribution in [2.75, 3.05) is 6.54 Å². The fourth-order valence-corrected chi connectivity index (χ4v) is 4.36. The van der Waals surface area contributed by atoms with E-state index in [2.05, 4.69) is 48.3 Å². The van der Waals surface area contributed by atoms with Crippen molar-refractivity contribution in [3.63, 3.8) is 0 Å². The van der Waals surface area contributed by atoms with E-state index in [0.717, 1.165) is 40.9 Å². The fraction of sp³-hybridized carbons (Fsp3) is 0.217. The van der Waals surface area contributed by atoms with Crippen LogP contribution < -0.4 is 5.73 Å². The van der Waals surface area contributed by atoms with Crippen LogP contribution in [0.3, 0.4) is 0 Å². The lowest BCUT2D eigenvalue weighted by Crippen LogP contribution is -1.99. The molecular weight excluding hydrogens is 375 g/mol. The van der Waals surface area contributed by atoms with Gasteiger partial charge in [0.05, 0.1) is 21.3 Å². The van der Waals surface area contributed by atoms with Crippen molar-refractivity contribution in [2.24, 2.45) is 5.73 Å². The van der Waals surface area contributed by atoms with Crippen LogP contribution in [-0.4, -0.2) is 11.5 Å². The van der Waals surface area contributed by atoms with Crippen LogP contribution >= 0.6 is 23.2 Å². The third-order valence-electron chi connectivity index (χ3n) is 5.25. The number of nitrogens with one attached hydrogen (secondary N) is 1. The molecule has 0 saturated carbocycles. The van der Waals surface area contributed by atoms with Gasteiger partial charge in [-0.25, -0.2) is 0 Å². The molecule has 0 aliphatic carbocycles. The lowest BCUT2D eigenvalue weighted by molar-refractivity contribution is 0.748. The third-order valence-corrected chi connectivity index (χ3v) is 5.88. The number of benzene rings is 3. The van der Waals surface area contributed by atoms with Crippen LogP contribution in [-0.2, 0) is 6.42 Å². The molecule has 0 saturated heterocycles. The van der Waals surface area contributed by atoms with Crippen molar-refractivity contribution in [3.05, 3.63) is 69.7 Å². The molecule has 4 heteroatoms. The van der Waals surface area contributed by atoms with E-state index in [9.17, 15) is 0 Å². The van der Waals surface area contributed by atoms with Crippen LogP contribution in [0.15, 0.2) is 48.5 Å². The predicted molar refractivity (Wildman–Crippen MR) is 118 cm³/mol. The zero-order valence-corrected chi connectivity index (χ0v) is 16.8. The van der Waals surface area contributed by atoms with Gasteiger partial charge in [-0.05, 0) is 66.8 Å². The predicted octanol–water partition coefficient (Wildman–Crippen LogP) is 6.88. The van der Waals surface area contributed by atoms with E-state index in [4.69, 9.17) is 28.9 Å². The van der Waals surface area contributed by atoms with E-state index in [1.807, 2.05) is 12.1 Å². The Morgan fingerprint density at radius 1 is 0.889 bits per heavy atom. The highest BCUT2D eigenvalue weighted by Crippen LogP contribution is 2.41.